The molecule has 0 saturated heterocycles. The molecule has 2 amide bonds. The van der Waals surface area contributed by atoms with E-state index in [9.17, 15) is 19.8 Å². The van der Waals surface area contributed by atoms with Gasteiger partial charge in [-0.3, -0.25) is 14.6 Å². The number of guanidine groups is 1. The van der Waals surface area contributed by atoms with Crippen LogP contribution >= 0.6 is 12.4 Å². The Hall–Kier alpha value is -1.66. The number of aliphatic imine (C=N–C) groups is 1. The fourth-order valence-corrected chi connectivity index (χ4v) is 2.33. The zero-order valence-electron chi connectivity index (χ0n) is 16.9. The highest BCUT2D eigenvalue weighted by atomic mass is 35.5. The number of nitrogens with zero attached hydrogens (tertiary/aromatic N) is 1. The Morgan fingerprint density at radius 1 is 0.966 bits per heavy atom. The third-order valence-electron chi connectivity index (χ3n) is 3.84. The van der Waals surface area contributed by atoms with Crippen molar-refractivity contribution >= 4 is 30.2 Å². The molecule has 11 N–H and O–H groups in total. The van der Waals surface area contributed by atoms with Crippen LogP contribution in [0.2, 0.25) is 0 Å². The van der Waals surface area contributed by atoms with Crippen molar-refractivity contribution in [1.29, 1.82) is 0 Å². The van der Waals surface area contributed by atoms with Crippen LogP contribution in [0.25, 0.3) is 0 Å². The van der Waals surface area contributed by atoms with Crippen LogP contribution in [-0.2, 0) is 9.59 Å². The van der Waals surface area contributed by atoms with Crippen LogP contribution < -0.4 is 33.2 Å². The van der Waals surface area contributed by atoms with Gasteiger partial charge in [-0.25, -0.2) is 0 Å². The van der Waals surface area contributed by atoms with Crippen LogP contribution in [0, 0.1) is 0 Å². The second kappa shape index (κ2) is 19.6. The molecule has 0 aliphatic heterocycles. The summed E-state index contributed by atoms with van der Waals surface area (Å²) >= 11 is 0. The van der Waals surface area contributed by atoms with E-state index in [0.29, 0.717) is 38.9 Å². The first-order valence-electron chi connectivity index (χ1n) is 9.76. The van der Waals surface area contributed by atoms with E-state index in [-0.39, 0.29) is 24.8 Å². The van der Waals surface area contributed by atoms with E-state index in [4.69, 9.17) is 17.2 Å². The van der Waals surface area contributed by atoms with Crippen molar-refractivity contribution in [1.82, 2.24) is 16.0 Å². The molecule has 12 heteroatoms. The highest BCUT2D eigenvalue weighted by molar-refractivity contribution is 5.86. The van der Waals surface area contributed by atoms with Gasteiger partial charge < -0.3 is 43.4 Å². The maximum Gasteiger partial charge on any atom is 0.269 e. The third-order valence-corrected chi connectivity index (χ3v) is 3.84. The molecule has 0 bridgehead atoms. The number of aliphatic hydroxyl groups excluding tert-OH is 2. The Morgan fingerprint density at radius 3 is 2.28 bits per heavy atom. The molecule has 172 valence electrons. The maximum atomic E-state index is 11.8. The Kier molecular flexibility index (Phi) is 20.0. The molecule has 29 heavy (non-hydrogen) atoms. The summed E-state index contributed by atoms with van der Waals surface area (Å²) in [6, 6.07) is 0. The number of carbonyl (C=O) groups excluding carboxylic acids is 2. The number of rotatable bonds is 17. The lowest BCUT2D eigenvalue weighted by Gasteiger charge is -2.15. The average Bonchev–Trinajstić information content (AvgIpc) is 2.62. The highest BCUT2D eigenvalue weighted by Gasteiger charge is 2.18. The third kappa shape index (κ3) is 19.4. The number of amides is 2. The lowest BCUT2D eigenvalue weighted by Crippen LogP contribution is -2.47. The van der Waals surface area contributed by atoms with E-state index in [2.05, 4.69) is 20.9 Å². The zero-order valence-corrected chi connectivity index (χ0v) is 17.8. The number of carbonyl (C=O) groups is 2. The summed E-state index contributed by atoms with van der Waals surface area (Å²) in [5, 5.41) is 27.5. The standard InChI is InChI=1S/C17H37N7O4.ClH/c18-7-5-9-21-8-3-4-10-22-15(27)16(28)24-14(26)12-13(25)6-1-2-11-23-17(19)20;/h13,16,21,25,28H,1-12,18H2,(H,22,27)(H,24,26)(H4,19,20,23);1H. The molecule has 0 aliphatic carbocycles. The molecule has 0 aromatic carbocycles. The number of halogens is 1. The fraction of sp³-hybridized carbons (Fsp3) is 0.824. The monoisotopic (exact) mass is 439 g/mol. The largest absolute Gasteiger partial charge is 0.393 e. The molecule has 11 nitrogen and oxygen atoms in total. The van der Waals surface area contributed by atoms with E-state index in [0.717, 1.165) is 32.4 Å². The number of unbranched alkanes of at least 4 members (excludes halogenated alkanes) is 2. The zero-order chi connectivity index (χ0) is 21.2. The van der Waals surface area contributed by atoms with Gasteiger partial charge in [0.1, 0.15) is 0 Å². The summed E-state index contributed by atoms with van der Waals surface area (Å²) in [7, 11) is 0. The average molecular weight is 440 g/mol. The smallest absolute Gasteiger partial charge is 0.269 e. The van der Waals surface area contributed by atoms with Crippen molar-refractivity contribution in [2.45, 2.75) is 57.3 Å². The molecule has 0 rings (SSSR count). The van der Waals surface area contributed by atoms with Gasteiger partial charge in [0.2, 0.25) is 12.1 Å². The normalized spacial score (nSPS) is 12.4. The van der Waals surface area contributed by atoms with E-state index in [1.807, 2.05) is 0 Å². The van der Waals surface area contributed by atoms with Gasteiger partial charge in [-0.05, 0) is 58.2 Å². The highest BCUT2D eigenvalue weighted by Crippen LogP contribution is 2.05. The Morgan fingerprint density at radius 2 is 1.62 bits per heavy atom. The molecule has 0 fully saturated rings. The molecular weight excluding hydrogens is 402 g/mol. The number of aliphatic hydroxyl groups is 2. The second-order valence-electron chi connectivity index (χ2n) is 6.52. The van der Waals surface area contributed by atoms with Gasteiger partial charge in [-0.1, -0.05) is 0 Å². The number of nitrogens with two attached hydrogens (primary N) is 3. The van der Waals surface area contributed by atoms with Crippen molar-refractivity contribution in [3.05, 3.63) is 0 Å². The summed E-state index contributed by atoms with van der Waals surface area (Å²) in [5.74, 6) is -1.24. The maximum absolute atomic E-state index is 11.8. The van der Waals surface area contributed by atoms with Gasteiger partial charge in [0.05, 0.1) is 12.5 Å². The lowest BCUT2D eigenvalue weighted by molar-refractivity contribution is -0.137. The second-order valence-corrected chi connectivity index (χ2v) is 6.52. The molecule has 2 unspecified atom stereocenters. The first kappa shape index (κ1) is 29.5. The molecule has 0 radical (unpaired) electrons. The van der Waals surface area contributed by atoms with Crippen molar-refractivity contribution in [2.75, 3.05) is 32.7 Å². The first-order valence-corrected chi connectivity index (χ1v) is 9.76. The number of nitrogens with one attached hydrogen (secondary N) is 3. The van der Waals surface area contributed by atoms with Crippen LogP contribution in [0.1, 0.15) is 44.9 Å². The molecule has 0 aliphatic rings. The van der Waals surface area contributed by atoms with Crippen molar-refractivity contribution in [3.8, 4) is 0 Å². The quantitative estimate of drug-likeness (QED) is 0.0543. The van der Waals surface area contributed by atoms with Crippen molar-refractivity contribution in [2.24, 2.45) is 22.2 Å². The van der Waals surface area contributed by atoms with Crippen LogP contribution in [0.15, 0.2) is 4.99 Å². The van der Waals surface area contributed by atoms with Gasteiger partial charge in [0, 0.05) is 13.1 Å². The number of hydrogen-bond acceptors (Lipinski definition) is 7. The number of hydrogen-bond donors (Lipinski definition) is 8. The minimum atomic E-state index is -1.63. The molecule has 0 saturated carbocycles. The summed E-state index contributed by atoms with van der Waals surface area (Å²) < 4.78 is 0. The van der Waals surface area contributed by atoms with E-state index in [1.165, 1.54) is 0 Å². The lowest BCUT2D eigenvalue weighted by atomic mass is 10.1. The Balaban J connectivity index is 0. The van der Waals surface area contributed by atoms with Gasteiger partial charge in [-0.15, -0.1) is 12.4 Å². The van der Waals surface area contributed by atoms with E-state index >= 15 is 0 Å². The molecule has 0 aromatic rings. The van der Waals surface area contributed by atoms with Gasteiger partial charge in [-0.2, -0.15) is 0 Å². The summed E-state index contributed by atoms with van der Waals surface area (Å²) in [6.07, 6.45) is 1.60. The summed E-state index contributed by atoms with van der Waals surface area (Å²) in [4.78, 5) is 27.3. The minimum Gasteiger partial charge on any atom is -0.393 e. The predicted octanol–water partition coefficient (Wildman–Crippen LogP) is -2.13. The predicted molar refractivity (Wildman–Crippen MR) is 115 cm³/mol. The van der Waals surface area contributed by atoms with Crippen LogP contribution in [-0.4, -0.2) is 73.0 Å². The van der Waals surface area contributed by atoms with Crippen LogP contribution in [0.5, 0.6) is 0 Å². The van der Waals surface area contributed by atoms with Crippen molar-refractivity contribution < 1.29 is 19.8 Å². The minimum absolute atomic E-state index is 0. The van der Waals surface area contributed by atoms with Crippen LogP contribution in [0.4, 0.5) is 0 Å². The van der Waals surface area contributed by atoms with Crippen LogP contribution in [0.3, 0.4) is 0 Å². The molecule has 0 aromatic heterocycles. The Bertz CT molecular complexity index is 465. The fourth-order valence-electron chi connectivity index (χ4n) is 2.33. The molecule has 0 spiro atoms. The van der Waals surface area contributed by atoms with Gasteiger partial charge in [0.15, 0.2) is 5.96 Å². The molecule has 0 heterocycles. The SMILES string of the molecule is Cl.NCCCNCCCCNC(=O)C(O)NC(=O)CC(O)CCCCN=C(N)N. The van der Waals surface area contributed by atoms with E-state index in [1.54, 1.807) is 0 Å². The summed E-state index contributed by atoms with van der Waals surface area (Å²) in [5.41, 5.74) is 15.8. The topological polar surface area (TPSA) is 201 Å². The van der Waals surface area contributed by atoms with Gasteiger partial charge in [0.25, 0.3) is 5.91 Å². The first-order chi connectivity index (χ1) is 13.4. The molecule has 2 atom stereocenters. The van der Waals surface area contributed by atoms with E-state index < -0.39 is 24.1 Å². The Labute approximate surface area is 178 Å². The molecular formula is C17H38ClN7O4. The van der Waals surface area contributed by atoms with Crippen molar-refractivity contribution in [3.63, 3.8) is 0 Å². The van der Waals surface area contributed by atoms with Gasteiger partial charge >= 0.3 is 0 Å². The summed E-state index contributed by atoms with van der Waals surface area (Å²) in [6.45, 7) is 3.23.